The van der Waals surface area contributed by atoms with E-state index in [0.717, 1.165) is 16.2 Å². The van der Waals surface area contributed by atoms with Crippen LogP contribution >= 0.6 is 0 Å². The van der Waals surface area contributed by atoms with Crippen molar-refractivity contribution in [3.05, 3.63) is 54.6 Å². The lowest BCUT2D eigenvalue weighted by molar-refractivity contribution is -0.133. The maximum Gasteiger partial charge on any atom is 0.310 e. The Kier molecular flexibility index (Phi) is 2.92. The van der Waals surface area contributed by atoms with Crippen LogP contribution in [0, 0.1) is 0 Å². The van der Waals surface area contributed by atoms with Crippen molar-refractivity contribution < 1.29 is 9.53 Å². The van der Waals surface area contributed by atoms with E-state index in [1.807, 2.05) is 30.3 Å². The van der Waals surface area contributed by atoms with Crippen molar-refractivity contribution in [2.45, 2.75) is 13.3 Å². The summed E-state index contributed by atoms with van der Waals surface area (Å²) in [5.74, 6) is 0.427. The van der Waals surface area contributed by atoms with Gasteiger partial charge in [-0.15, -0.1) is 0 Å². The van der Waals surface area contributed by atoms with E-state index in [2.05, 4.69) is 24.3 Å². The first-order valence-electron chi connectivity index (χ1n) is 6.40. The van der Waals surface area contributed by atoms with E-state index >= 15 is 0 Å². The first kappa shape index (κ1) is 11.7. The predicted octanol–water partition coefficient (Wildman–Crippen LogP) is 4.31. The van der Waals surface area contributed by atoms with Gasteiger partial charge in [-0.25, -0.2) is 0 Å². The Labute approximate surface area is 111 Å². The van der Waals surface area contributed by atoms with Crippen LogP contribution in [0.1, 0.15) is 13.3 Å². The third-order valence-electron chi connectivity index (χ3n) is 3.22. The van der Waals surface area contributed by atoms with Crippen LogP contribution in [0.5, 0.6) is 5.75 Å². The quantitative estimate of drug-likeness (QED) is 0.385. The van der Waals surface area contributed by atoms with E-state index in [-0.39, 0.29) is 5.97 Å². The highest BCUT2D eigenvalue weighted by atomic mass is 16.5. The Morgan fingerprint density at radius 2 is 1.63 bits per heavy atom. The zero-order valence-corrected chi connectivity index (χ0v) is 10.7. The van der Waals surface area contributed by atoms with Gasteiger partial charge in [-0.1, -0.05) is 43.3 Å². The van der Waals surface area contributed by atoms with Crippen LogP contribution in [-0.2, 0) is 4.79 Å². The van der Waals surface area contributed by atoms with Crippen LogP contribution in [0.4, 0.5) is 0 Å². The molecule has 0 spiro atoms. The summed E-state index contributed by atoms with van der Waals surface area (Å²) in [6.45, 7) is 1.79. The second-order valence-corrected chi connectivity index (χ2v) is 4.50. The van der Waals surface area contributed by atoms with Gasteiger partial charge in [0.2, 0.25) is 0 Å². The first-order valence-corrected chi connectivity index (χ1v) is 6.40. The minimum Gasteiger partial charge on any atom is -0.426 e. The number of hydrogen-bond acceptors (Lipinski definition) is 2. The van der Waals surface area contributed by atoms with E-state index in [1.165, 1.54) is 5.39 Å². The summed E-state index contributed by atoms with van der Waals surface area (Å²) in [6.07, 6.45) is 0.379. The van der Waals surface area contributed by atoms with E-state index in [4.69, 9.17) is 4.74 Å². The van der Waals surface area contributed by atoms with Crippen LogP contribution < -0.4 is 4.74 Å². The lowest BCUT2D eigenvalue weighted by Gasteiger charge is -2.08. The fourth-order valence-corrected chi connectivity index (χ4v) is 2.22. The molecule has 0 unspecified atom stereocenters. The molecule has 0 amide bonds. The van der Waals surface area contributed by atoms with Gasteiger partial charge in [-0.05, 0) is 34.4 Å². The first-order chi connectivity index (χ1) is 9.28. The van der Waals surface area contributed by atoms with E-state index in [1.54, 1.807) is 6.92 Å². The lowest BCUT2D eigenvalue weighted by atomic mass is 10.0. The molecule has 0 atom stereocenters. The van der Waals surface area contributed by atoms with Crippen molar-refractivity contribution >= 4 is 27.5 Å². The molecular weight excluding hydrogens is 236 g/mol. The summed E-state index contributed by atoms with van der Waals surface area (Å²) in [6, 6.07) is 18.2. The molecule has 0 aliphatic carbocycles. The zero-order valence-electron chi connectivity index (χ0n) is 10.7. The Balaban J connectivity index is 2.23. The summed E-state index contributed by atoms with van der Waals surface area (Å²) < 4.78 is 5.39. The van der Waals surface area contributed by atoms with Crippen molar-refractivity contribution in [1.29, 1.82) is 0 Å². The normalized spacial score (nSPS) is 10.8. The molecule has 0 N–H and O–H groups in total. The summed E-state index contributed by atoms with van der Waals surface area (Å²) in [5, 5.41) is 4.40. The third kappa shape index (κ3) is 2.17. The van der Waals surface area contributed by atoms with Gasteiger partial charge in [-0.3, -0.25) is 4.79 Å². The molecule has 0 fully saturated rings. The highest BCUT2D eigenvalue weighted by Gasteiger charge is 2.07. The highest BCUT2D eigenvalue weighted by Crippen LogP contribution is 2.30. The number of benzene rings is 3. The topological polar surface area (TPSA) is 26.3 Å². The van der Waals surface area contributed by atoms with Crippen molar-refractivity contribution in [2.24, 2.45) is 0 Å². The molecule has 0 saturated heterocycles. The molecule has 19 heavy (non-hydrogen) atoms. The second-order valence-electron chi connectivity index (χ2n) is 4.50. The Hall–Kier alpha value is -2.35. The number of rotatable bonds is 2. The molecule has 94 valence electrons. The van der Waals surface area contributed by atoms with Crippen LogP contribution in [0.15, 0.2) is 54.6 Å². The standard InChI is InChI=1S/C17H14O2/c1-2-17(18)19-16-9-5-8-14-10-12-6-3-4-7-13(12)11-15(14)16/h3-11H,2H2,1H3. The number of carbonyl (C=O) groups is 1. The maximum absolute atomic E-state index is 11.5. The predicted molar refractivity (Wildman–Crippen MR) is 77.4 cm³/mol. The van der Waals surface area contributed by atoms with Crippen LogP contribution in [-0.4, -0.2) is 5.97 Å². The fraction of sp³-hybridized carbons (Fsp3) is 0.118. The molecular formula is C17H14O2. The smallest absolute Gasteiger partial charge is 0.310 e. The van der Waals surface area contributed by atoms with Gasteiger partial charge in [0.25, 0.3) is 0 Å². The number of hydrogen-bond donors (Lipinski definition) is 0. The monoisotopic (exact) mass is 250 g/mol. The van der Waals surface area contributed by atoms with Crippen molar-refractivity contribution in [3.63, 3.8) is 0 Å². The Morgan fingerprint density at radius 1 is 0.947 bits per heavy atom. The van der Waals surface area contributed by atoms with Crippen molar-refractivity contribution in [1.82, 2.24) is 0 Å². The largest absolute Gasteiger partial charge is 0.426 e. The third-order valence-corrected chi connectivity index (χ3v) is 3.22. The van der Waals surface area contributed by atoms with Crippen LogP contribution in [0.3, 0.4) is 0 Å². The molecule has 2 nitrogen and oxygen atoms in total. The molecule has 0 bridgehead atoms. The molecule has 0 radical (unpaired) electrons. The Bertz CT molecular complexity index is 759. The van der Waals surface area contributed by atoms with Crippen LogP contribution in [0.2, 0.25) is 0 Å². The zero-order chi connectivity index (χ0) is 13.2. The molecule has 0 aromatic heterocycles. The van der Waals surface area contributed by atoms with Gasteiger partial charge in [0.15, 0.2) is 0 Å². The number of esters is 1. The van der Waals surface area contributed by atoms with Crippen molar-refractivity contribution in [2.75, 3.05) is 0 Å². The molecule has 0 aliphatic rings. The molecule has 0 heterocycles. The molecule has 3 aromatic carbocycles. The molecule has 0 aliphatic heterocycles. The van der Waals surface area contributed by atoms with Gasteiger partial charge in [0, 0.05) is 11.8 Å². The van der Waals surface area contributed by atoms with E-state index in [9.17, 15) is 4.79 Å². The summed E-state index contributed by atoms with van der Waals surface area (Å²) in [4.78, 5) is 11.5. The van der Waals surface area contributed by atoms with E-state index < -0.39 is 0 Å². The highest BCUT2D eigenvalue weighted by molar-refractivity contribution is 6.01. The average Bonchev–Trinajstić information content (AvgIpc) is 2.45. The van der Waals surface area contributed by atoms with Crippen molar-refractivity contribution in [3.8, 4) is 5.75 Å². The van der Waals surface area contributed by atoms with Gasteiger partial charge in [0.05, 0.1) is 0 Å². The second kappa shape index (κ2) is 4.73. The van der Waals surface area contributed by atoms with Gasteiger partial charge >= 0.3 is 5.97 Å². The average molecular weight is 250 g/mol. The molecule has 0 saturated carbocycles. The number of fused-ring (bicyclic) bond motifs is 2. The lowest BCUT2D eigenvalue weighted by Crippen LogP contribution is -2.05. The minimum absolute atomic E-state index is 0.208. The van der Waals surface area contributed by atoms with Crippen LogP contribution in [0.25, 0.3) is 21.5 Å². The minimum atomic E-state index is -0.208. The van der Waals surface area contributed by atoms with Gasteiger partial charge < -0.3 is 4.74 Å². The fourth-order valence-electron chi connectivity index (χ4n) is 2.22. The number of ether oxygens (including phenoxy) is 1. The maximum atomic E-state index is 11.5. The van der Waals surface area contributed by atoms with E-state index in [0.29, 0.717) is 12.2 Å². The number of carbonyl (C=O) groups excluding carboxylic acids is 1. The Morgan fingerprint density at radius 3 is 2.37 bits per heavy atom. The summed E-state index contributed by atoms with van der Waals surface area (Å²) in [5.41, 5.74) is 0. The van der Waals surface area contributed by atoms with Gasteiger partial charge in [0.1, 0.15) is 5.75 Å². The van der Waals surface area contributed by atoms with Gasteiger partial charge in [-0.2, -0.15) is 0 Å². The summed E-state index contributed by atoms with van der Waals surface area (Å²) >= 11 is 0. The SMILES string of the molecule is CCC(=O)Oc1cccc2cc3ccccc3cc12. The molecule has 3 rings (SSSR count). The summed E-state index contributed by atoms with van der Waals surface area (Å²) in [7, 11) is 0. The molecule has 3 aromatic rings. The molecule has 2 heteroatoms.